The molecular weight excluding hydrogens is 356 g/mol. The van der Waals surface area contributed by atoms with Crippen LogP contribution in [0.15, 0.2) is 30.2 Å². The Morgan fingerprint density at radius 2 is 2.07 bits per heavy atom. The van der Waals surface area contributed by atoms with Gasteiger partial charge in [-0.2, -0.15) is 0 Å². The topological polar surface area (TPSA) is 81.4 Å². The molecule has 3 rings (SSSR count). The molecule has 28 heavy (non-hydrogen) atoms. The number of esters is 1. The molecule has 1 fully saturated rings. The van der Waals surface area contributed by atoms with Crippen LogP contribution < -0.4 is 0 Å². The van der Waals surface area contributed by atoms with Crippen LogP contribution in [0.1, 0.15) is 76.9 Å². The average molecular weight is 386 g/mol. The lowest BCUT2D eigenvalue weighted by atomic mass is 9.82. The number of hydrogen-bond donors (Lipinski definition) is 1. The van der Waals surface area contributed by atoms with Gasteiger partial charge in [0.1, 0.15) is 6.10 Å². The quantitative estimate of drug-likeness (QED) is 0.664. The zero-order valence-corrected chi connectivity index (χ0v) is 16.8. The lowest BCUT2D eigenvalue weighted by Crippen LogP contribution is -2.31. The number of aliphatic carboxylic acids is 1. The van der Waals surface area contributed by atoms with Crippen LogP contribution in [0.2, 0.25) is 0 Å². The third-order valence-corrected chi connectivity index (χ3v) is 5.98. The van der Waals surface area contributed by atoms with Crippen molar-refractivity contribution in [3.63, 3.8) is 0 Å². The summed E-state index contributed by atoms with van der Waals surface area (Å²) in [6.07, 6.45) is 13.8. The molecule has 0 amide bonds. The van der Waals surface area contributed by atoms with Crippen molar-refractivity contribution in [1.29, 1.82) is 0 Å². The van der Waals surface area contributed by atoms with Gasteiger partial charge in [-0.05, 0) is 43.8 Å². The van der Waals surface area contributed by atoms with E-state index in [0.29, 0.717) is 12.3 Å². The summed E-state index contributed by atoms with van der Waals surface area (Å²) >= 11 is 0. The van der Waals surface area contributed by atoms with E-state index in [1.54, 1.807) is 0 Å². The van der Waals surface area contributed by atoms with Crippen molar-refractivity contribution in [2.45, 2.75) is 77.4 Å². The second kappa shape index (κ2) is 9.22. The number of carbonyl (C=O) groups excluding carboxylic acids is 1. The van der Waals surface area contributed by atoms with Gasteiger partial charge in [-0.1, -0.05) is 31.4 Å². The fourth-order valence-corrected chi connectivity index (χ4v) is 4.55. The van der Waals surface area contributed by atoms with Crippen LogP contribution in [0.4, 0.5) is 0 Å². The summed E-state index contributed by atoms with van der Waals surface area (Å²) in [6.45, 7) is 4.12. The molecule has 0 radical (unpaired) electrons. The summed E-state index contributed by atoms with van der Waals surface area (Å²) < 4.78 is 8.05. The molecule has 1 N–H and O–H groups in total. The minimum atomic E-state index is -0.973. The van der Waals surface area contributed by atoms with Crippen molar-refractivity contribution < 1.29 is 19.4 Å². The van der Waals surface area contributed by atoms with Gasteiger partial charge in [0.2, 0.25) is 0 Å². The number of aromatic nitrogens is 2. The lowest BCUT2D eigenvalue weighted by molar-refractivity contribution is -0.155. The largest absolute Gasteiger partial charge is 0.481 e. The maximum atomic E-state index is 12.3. The van der Waals surface area contributed by atoms with Gasteiger partial charge in [0.25, 0.3) is 0 Å². The fraction of sp³-hybridized carbons (Fsp3) is 0.591. The third kappa shape index (κ3) is 4.54. The molecule has 2 atom stereocenters. The number of fused-ring (bicyclic) bond motifs is 1. The van der Waals surface area contributed by atoms with Gasteiger partial charge >= 0.3 is 11.9 Å². The van der Waals surface area contributed by atoms with Crippen LogP contribution in [0.5, 0.6) is 0 Å². The van der Waals surface area contributed by atoms with Gasteiger partial charge in [-0.15, -0.1) is 0 Å². The number of imidazole rings is 1. The molecule has 2 heterocycles. The monoisotopic (exact) mass is 386 g/mol. The van der Waals surface area contributed by atoms with E-state index >= 15 is 0 Å². The Bertz CT molecular complexity index is 771. The normalized spacial score (nSPS) is 21.1. The summed E-state index contributed by atoms with van der Waals surface area (Å²) in [5.74, 6) is -1.05. The Kier molecular flexibility index (Phi) is 6.70. The highest BCUT2D eigenvalue weighted by Gasteiger charge is 2.34. The van der Waals surface area contributed by atoms with E-state index in [4.69, 9.17) is 9.84 Å². The van der Waals surface area contributed by atoms with E-state index in [-0.39, 0.29) is 25.0 Å². The molecule has 6 nitrogen and oxygen atoms in total. The van der Waals surface area contributed by atoms with Crippen molar-refractivity contribution in [2.75, 3.05) is 0 Å². The van der Waals surface area contributed by atoms with Crippen LogP contribution in [0, 0.1) is 5.92 Å². The van der Waals surface area contributed by atoms with Gasteiger partial charge in [-0.25, -0.2) is 4.98 Å². The SMILES string of the molecule is CC=CC1=C(C)c2cncn2C1CC(OC(=O)CCC(=O)O)C1CCCCC1. The molecule has 2 unspecified atom stereocenters. The highest BCUT2D eigenvalue weighted by Crippen LogP contribution is 2.42. The van der Waals surface area contributed by atoms with E-state index in [2.05, 4.69) is 22.6 Å². The number of allylic oxidation sites excluding steroid dienone is 4. The molecule has 6 heteroatoms. The predicted octanol–water partition coefficient (Wildman–Crippen LogP) is 4.53. The Morgan fingerprint density at radius 3 is 2.75 bits per heavy atom. The first kappa shape index (κ1) is 20.4. The molecule has 152 valence electrons. The molecule has 2 aliphatic rings. The van der Waals surface area contributed by atoms with Gasteiger partial charge in [-0.3, -0.25) is 9.59 Å². The fourth-order valence-electron chi connectivity index (χ4n) is 4.55. The summed E-state index contributed by atoms with van der Waals surface area (Å²) in [4.78, 5) is 27.4. The van der Waals surface area contributed by atoms with Crippen molar-refractivity contribution in [3.8, 4) is 0 Å². The first-order valence-electron chi connectivity index (χ1n) is 10.3. The molecule has 1 aliphatic heterocycles. The van der Waals surface area contributed by atoms with Gasteiger partial charge in [0, 0.05) is 6.42 Å². The molecular formula is C22H30N2O4. The third-order valence-electron chi connectivity index (χ3n) is 5.98. The standard InChI is InChI=1S/C22H30N2O4/c1-3-7-17-15(2)19-13-23-14-24(19)18(17)12-20(16-8-5-4-6-9-16)28-22(27)11-10-21(25)26/h3,7,13-14,16,18,20H,4-6,8-12H2,1-2H3,(H,25,26). The van der Waals surface area contributed by atoms with E-state index in [9.17, 15) is 9.59 Å². The van der Waals surface area contributed by atoms with E-state index in [1.165, 1.54) is 17.6 Å². The predicted molar refractivity (Wildman–Crippen MR) is 107 cm³/mol. The summed E-state index contributed by atoms with van der Waals surface area (Å²) in [7, 11) is 0. The lowest BCUT2D eigenvalue weighted by Gasteiger charge is -2.32. The molecule has 0 spiro atoms. The highest BCUT2D eigenvalue weighted by atomic mass is 16.5. The second-order valence-corrected chi connectivity index (χ2v) is 7.84. The molecule has 1 saturated carbocycles. The van der Waals surface area contributed by atoms with Crippen molar-refractivity contribution >= 4 is 17.5 Å². The van der Waals surface area contributed by atoms with Gasteiger partial charge in [0.05, 0.1) is 37.1 Å². The minimum absolute atomic E-state index is 0.0733. The zero-order valence-electron chi connectivity index (χ0n) is 16.8. The number of nitrogens with zero attached hydrogens (tertiary/aromatic N) is 2. The maximum absolute atomic E-state index is 12.3. The Labute approximate surface area is 166 Å². The van der Waals surface area contributed by atoms with Crippen LogP contribution in [0.3, 0.4) is 0 Å². The summed E-state index contributed by atoms with van der Waals surface area (Å²) in [6, 6.07) is 0.0906. The van der Waals surface area contributed by atoms with Crippen molar-refractivity contribution in [1.82, 2.24) is 9.55 Å². The number of carboxylic acid groups (broad SMARTS) is 1. The summed E-state index contributed by atoms with van der Waals surface area (Å²) in [5.41, 5.74) is 3.56. The number of rotatable bonds is 8. The number of ether oxygens (including phenoxy) is 1. The second-order valence-electron chi connectivity index (χ2n) is 7.84. The first-order chi connectivity index (χ1) is 13.5. The smallest absolute Gasteiger partial charge is 0.306 e. The van der Waals surface area contributed by atoms with E-state index < -0.39 is 11.9 Å². The maximum Gasteiger partial charge on any atom is 0.306 e. The van der Waals surface area contributed by atoms with E-state index in [0.717, 1.165) is 31.4 Å². The first-order valence-corrected chi connectivity index (χ1v) is 10.3. The van der Waals surface area contributed by atoms with Gasteiger partial charge < -0.3 is 14.4 Å². The molecule has 0 saturated heterocycles. The number of carboxylic acids is 1. The number of hydrogen-bond acceptors (Lipinski definition) is 4. The molecule has 0 aromatic carbocycles. The number of carbonyl (C=O) groups is 2. The Balaban J connectivity index is 1.80. The van der Waals surface area contributed by atoms with Crippen LogP contribution in [0.25, 0.3) is 5.57 Å². The molecule has 1 aromatic heterocycles. The van der Waals surface area contributed by atoms with Crippen LogP contribution in [-0.2, 0) is 14.3 Å². The summed E-state index contributed by atoms with van der Waals surface area (Å²) in [5, 5.41) is 8.85. The van der Waals surface area contributed by atoms with Crippen molar-refractivity contribution in [3.05, 3.63) is 35.9 Å². The molecule has 1 aliphatic carbocycles. The van der Waals surface area contributed by atoms with Gasteiger partial charge in [0.15, 0.2) is 0 Å². The Morgan fingerprint density at radius 1 is 1.32 bits per heavy atom. The van der Waals surface area contributed by atoms with E-state index in [1.807, 2.05) is 25.5 Å². The zero-order chi connectivity index (χ0) is 20.1. The Hall–Kier alpha value is -2.37. The van der Waals surface area contributed by atoms with Crippen LogP contribution in [-0.4, -0.2) is 32.7 Å². The highest BCUT2D eigenvalue weighted by molar-refractivity contribution is 5.76. The van der Waals surface area contributed by atoms with Crippen molar-refractivity contribution in [2.24, 2.45) is 5.92 Å². The van der Waals surface area contributed by atoms with Crippen LogP contribution >= 0.6 is 0 Å². The minimum Gasteiger partial charge on any atom is -0.481 e. The molecule has 0 bridgehead atoms. The average Bonchev–Trinajstić information content (AvgIpc) is 3.25. The molecule has 1 aromatic rings.